The third-order valence-electron chi connectivity index (χ3n) is 7.81. The Labute approximate surface area is 164 Å². The smallest absolute Gasteiger partial charge is 0.00202 e. The van der Waals surface area contributed by atoms with E-state index in [1.54, 1.807) is 0 Å². The number of fused-ring (bicyclic) bond motifs is 1. The summed E-state index contributed by atoms with van der Waals surface area (Å²) < 4.78 is 0. The molecule has 0 aromatic rings. The van der Waals surface area contributed by atoms with Crippen molar-refractivity contribution in [2.75, 3.05) is 13.1 Å². The molecule has 0 amide bonds. The van der Waals surface area contributed by atoms with Crippen molar-refractivity contribution < 1.29 is 0 Å². The highest BCUT2D eigenvalue weighted by Gasteiger charge is 2.41. The van der Waals surface area contributed by atoms with Gasteiger partial charge in [0, 0.05) is 6.54 Å². The predicted molar refractivity (Wildman–Crippen MR) is 117 cm³/mol. The minimum Gasteiger partial charge on any atom is -0.316 e. The number of rotatable bonds is 2. The quantitative estimate of drug-likeness (QED) is 0.506. The summed E-state index contributed by atoms with van der Waals surface area (Å²) in [5.74, 6) is 3.81. The third kappa shape index (κ3) is 4.94. The second-order valence-electron chi connectivity index (χ2n) is 9.08. The Morgan fingerprint density at radius 3 is 2.35 bits per heavy atom. The van der Waals surface area contributed by atoms with Crippen LogP contribution in [0.15, 0.2) is 11.6 Å². The molecule has 0 aromatic heterocycles. The van der Waals surface area contributed by atoms with Crippen LogP contribution in [0.1, 0.15) is 105 Å². The lowest BCUT2D eigenvalue weighted by Gasteiger charge is -2.46. The van der Waals surface area contributed by atoms with Crippen LogP contribution in [0.2, 0.25) is 0 Å². The van der Waals surface area contributed by atoms with E-state index >= 15 is 0 Å². The largest absolute Gasteiger partial charge is 0.316 e. The summed E-state index contributed by atoms with van der Waals surface area (Å²) in [6.45, 7) is 13.2. The lowest BCUT2D eigenvalue weighted by Crippen LogP contribution is -2.35. The predicted octanol–water partition coefficient (Wildman–Crippen LogP) is 7.37. The first kappa shape index (κ1) is 22.0. The summed E-state index contributed by atoms with van der Waals surface area (Å²) in [6, 6.07) is 0. The molecule has 2 saturated carbocycles. The van der Waals surface area contributed by atoms with E-state index in [1.165, 1.54) is 83.7 Å². The van der Waals surface area contributed by atoms with E-state index in [0.29, 0.717) is 5.41 Å². The van der Waals surface area contributed by atoms with Crippen molar-refractivity contribution in [3.05, 3.63) is 11.6 Å². The van der Waals surface area contributed by atoms with E-state index in [1.807, 2.05) is 33.3 Å². The number of nitrogens with one attached hydrogen (secondary N) is 1. The van der Waals surface area contributed by atoms with E-state index in [-0.39, 0.29) is 0 Å². The van der Waals surface area contributed by atoms with Gasteiger partial charge in [0.2, 0.25) is 0 Å². The Morgan fingerprint density at radius 2 is 1.62 bits per heavy atom. The average Bonchev–Trinajstić information content (AvgIpc) is 3.21. The van der Waals surface area contributed by atoms with Crippen LogP contribution < -0.4 is 5.32 Å². The van der Waals surface area contributed by atoms with Crippen molar-refractivity contribution in [1.82, 2.24) is 5.32 Å². The zero-order valence-electron chi connectivity index (χ0n) is 18.6. The number of hydrogen-bond acceptors (Lipinski definition) is 1. The van der Waals surface area contributed by atoms with Gasteiger partial charge in [0.05, 0.1) is 0 Å². The molecule has 3 fully saturated rings. The van der Waals surface area contributed by atoms with Crippen LogP contribution in [0, 0.1) is 29.1 Å². The zero-order chi connectivity index (χ0) is 19.0. The minimum atomic E-state index is 0.680. The van der Waals surface area contributed by atoms with E-state index in [0.717, 1.165) is 23.7 Å². The number of allylic oxidation sites excluding steroid dienone is 1. The Kier molecular flexibility index (Phi) is 9.21. The van der Waals surface area contributed by atoms with Crippen molar-refractivity contribution in [2.45, 2.75) is 105 Å². The second-order valence-corrected chi connectivity index (χ2v) is 9.08. The van der Waals surface area contributed by atoms with Crippen LogP contribution in [-0.2, 0) is 0 Å². The Morgan fingerprint density at radius 1 is 0.885 bits per heavy atom. The second kappa shape index (κ2) is 10.9. The Balaban J connectivity index is 0.000000570. The van der Waals surface area contributed by atoms with Crippen LogP contribution in [0.25, 0.3) is 0 Å². The zero-order valence-corrected chi connectivity index (χ0v) is 18.6. The Hall–Kier alpha value is -0.300. The fraction of sp³-hybridized carbons (Fsp3) is 0.920. The molecule has 0 spiro atoms. The van der Waals surface area contributed by atoms with Crippen molar-refractivity contribution in [3.63, 3.8) is 0 Å². The van der Waals surface area contributed by atoms with E-state index < -0.39 is 0 Å². The van der Waals surface area contributed by atoms with Gasteiger partial charge in [0.25, 0.3) is 0 Å². The molecule has 1 heteroatoms. The molecule has 4 rings (SSSR count). The summed E-state index contributed by atoms with van der Waals surface area (Å²) in [5, 5.41) is 3.67. The van der Waals surface area contributed by atoms with Gasteiger partial charge in [0.1, 0.15) is 0 Å². The maximum atomic E-state index is 3.67. The molecule has 3 aliphatic carbocycles. The highest BCUT2D eigenvalue weighted by Crippen LogP contribution is 2.51. The molecule has 0 bridgehead atoms. The average molecular weight is 362 g/mol. The minimum absolute atomic E-state index is 0.680. The van der Waals surface area contributed by atoms with Gasteiger partial charge < -0.3 is 5.32 Å². The third-order valence-corrected chi connectivity index (χ3v) is 7.81. The number of hydrogen-bond donors (Lipinski definition) is 1. The van der Waals surface area contributed by atoms with Crippen LogP contribution in [-0.4, -0.2) is 13.1 Å². The maximum absolute atomic E-state index is 3.67. The first-order valence-corrected chi connectivity index (χ1v) is 12.2. The molecule has 0 aromatic carbocycles. The normalized spacial score (nSPS) is 35.8. The fourth-order valence-electron chi connectivity index (χ4n) is 6.40. The van der Waals surface area contributed by atoms with Gasteiger partial charge in [-0.3, -0.25) is 0 Å². The van der Waals surface area contributed by atoms with Gasteiger partial charge in [-0.15, -0.1) is 0 Å². The molecular weight excluding hydrogens is 314 g/mol. The first-order chi connectivity index (χ1) is 12.8. The van der Waals surface area contributed by atoms with E-state index in [9.17, 15) is 0 Å². The van der Waals surface area contributed by atoms with Crippen LogP contribution in [0.3, 0.4) is 0 Å². The Bertz CT molecular complexity index is 418. The van der Waals surface area contributed by atoms with Gasteiger partial charge in [-0.2, -0.15) is 0 Å². The molecule has 1 heterocycles. The molecular formula is C25H47N. The molecule has 26 heavy (non-hydrogen) atoms. The van der Waals surface area contributed by atoms with Crippen LogP contribution in [0.5, 0.6) is 0 Å². The molecule has 4 unspecified atom stereocenters. The summed E-state index contributed by atoms with van der Waals surface area (Å²) in [4.78, 5) is 0. The maximum Gasteiger partial charge on any atom is 0.00202 e. The van der Waals surface area contributed by atoms with Gasteiger partial charge in [-0.1, -0.05) is 72.0 Å². The van der Waals surface area contributed by atoms with Gasteiger partial charge in [-0.25, -0.2) is 0 Å². The van der Waals surface area contributed by atoms with Crippen molar-refractivity contribution >= 4 is 0 Å². The SMILES string of the molecule is CC.CC.CC1(C2CCCC(C3=CCCC4CNCC34)C2)CCCCC1. The summed E-state index contributed by atoms with van der Waals surface area (Å²) in [5.41, 5.74) is 2.57. The summed E-state index contributed by atoms with van der Waals surface area (Å²) in [6.07, 6.45) is 19.0. The topological polar surface area (TPSA) is 12.0 Å². The molecule has 152 valence electrons. The highest BCUT2D eigenvalue weighted by molar-refractivity contribution is 5.19. The van der Waals surface area contributed by atoms with Crippen molar-refractivity contribution in [3.8, 4) is 0 Å². The van der Waals surface area contributed by atoms with Crippen LogP contribution >= 0.6 is 0 Å². The van der Waals surface area contributed by atoms with E-state index in [4.69, 9.17) is 0 Å². The summed E-state index contributed by atoms with van der Waals surface area (Å²) >= 11 is 0. The van der Waals surface area contributed by atoms with Gasteiger partial charge in [0.15, 0.2) is 0 Å². The molecule has 4 aliphatic rings. The fourth-order valence-corrected chi connectivity index (χ4v) is 6.40. The molecule has 0 radical (unpaired) electrons. The monoisotopic (exact) mass is 361 g/mol. The van der Waals surface area contributed by atoms with Crippen molar-refractivity contribution in [2.24, 2.45) is 29.1 Å². The van der Waals surface area contributed by atoms with E-state index in [2.05, 4.69) is 18.3 Å². The molecule has 1 nitrogen and oxygen atoms in total. The first-order valence-electron chi connectivity index (χ1n) is 12.2. The van der Waals surface area contributed by atoms with Crippen LogP contribution in [0.4, 0.5) is 0 Å². The standard InChI is InChI=1S/C21H35N.2C2H6/c1-21(11-3-2-4-12-21)18-9-5-7-16(13-18)19-10-6-8-17-14-22-15-20(17)19;2*1-2/h10,16-18,20,22H,2-9,11-15H2,1H3;2*1-2H3. The molecule has 4 atom stereocenters. The lowest BCUT2D eigenvalue weighted by molar-refractivity contribution is 0.0712. The lowest BCUT2D eigenvalue weighted by atomic mass is 9.59. The van der Waals surface area contributed by atoms with Crippen molar-refractivity contribution in [1.29, 1.82) is 0 Å². The van der Waals surface area contributed by atoms with Gasteiger partial charge >= 0.3 is 0 Å². The highest BCUT2D eigenvalue weighted by atomic mass is 14.9. The molecule has 1 N–H and O–H groups in total. The molecule has 1 aliphatic heterocycles. The molecule has 1 saturated heterocycles. The van der Waals surface area contributed by atoms with Gasteiger partial charge in [-0.05, 0) is 80.6 Å². The summed E-state index contributed by atoms with van der Waals surface area (Å²) in [7, 11) is 0.